The lowest BCUT2D eigenvalue weighted by molar-refractivity contribution is 0.622. The van der Waals surface area contributed by atoms with Gasteiger partial charge in [0, 0.05) is 49.0 Å². The lowest BCUT2D eigenvalue weighted by Crippen LogP contribution is -2.47. The van der Waals surface area contributed by atoms with E-state index in [-0.39, 0.29) is 5.54 Å². The van der Waals surface area contributed by atoms with Gasteiger partial charge in [0.05, 0.1) is 5.69 Å². The first-order valence-corrected chi connectivity index (χ1v) is 10.3. The van der Waals surface area contributed by atoms with Crippen molar-refractivity contribution in [2.45, 2.75) is 26.3 Å². The average molecular weight is 388 g/mol. The second-order valence-electron chi connectivity index (χ2n) is 8.49. The van der Waals surface area contributed by atoms with Gasteiger partial charge in [-0.15, -0.1) is 0 Å². The van der Waals surface area contributed by atoms with E-state index in [1.54, 1.807) is 0 Å². The third-order valence-corrected chi connectivity index (χ3v) is 4.99. The first kappa shape index (κ1) is 19.2. The summed E-state index contributed by atoms with van der Waals surface area (Å²) in [5.74, 6) is 1.66. The maximum atomic E-state index is 4.85. The number of hydrogen-bond donors (Lipinski definition) is 1. The molecule has 1 fully saturated rings. The Morgan fingerprint density at radius 1 is 0.759 bits per heavy atom. The van der Waals surface area contributed by atoms with Crippen molar-refractivity contribution in [1.29, 1.82) is 0 Å². The van der Waals surface area contributed by atoms with Gasteiger partial charge in [-0.25, -0.2) is 4.98 Å². The van der Waals surface area contributed by atoms with E-state index in [0.29, 0.717) is 5.95 Å². The van der Waals surface area contributed by atoms with Gasteiger partial charge in [-0.1, -0.05) is 48.5 Å². The molecule has 0 spiro atoms. The molecule has 1 aliphatic rings. The summed E-state index contributed by atoms with van der Waals surface area (Å²) in [5.41, 5.74) is 3.25. The standard InChI is InChI=1S/C24H29N5/c1-24(2,3)27-23-25-21(19-10-6-4-7-11-19)18-22(26-23)29-16-14-28(15-17-29)20-12-8-5-9-13-20/h4-13,18H,14-17H2,1-3H3,(H,25,26,27). The molecule has 2 heterocycles. The molecule has 1 saturated heterocycles. The van der Waals surface area contributed by atoms with Crippen LogP contribution in [0.1, 0.15) is 20.8 Å². The number of piperazine rings is 1. The molecular weight excluding hydrogens is 358 g/mol. The molecule has 0 atom stereocenters. The Balaban J connectivity index is 1.59. The first-order valence-electron chi connectivity index (χ1n) is 10.3. The zero-order valence-corrected chi connectivity index (χ0v) is 17.5. The van der Waals surface area contributed by atoms with E-state index in [4.69, 9.17) is 9.97 Å². The van der Waals surface area contributed by atoms with Crippen LogP contribution in [0.25, 0.3) is 11.3 Å². The number of para-hydroxylation sites is 1. The summed E-state index contributed by atoms with van der Waals surface area (Å²) in [6, 6.07) is 23.1. The van der Waals surface area contributed by atoms with Gasteiger partial charge in [-0.3, -0.25) is 0 Å². The SMILES string of the molecule is CC(C)(C)Nc1nc(-c2ccccc2)cc(N2CCN(c3ccccc3)CC2)n1. The highest BCUT2D eigenvalue weighted by Crippen LogP contribution is 2.26. The van der Waals surface area contributed by atoms with Gasteiger partial charge in [0.1, 0.15) is 5.82 Å². The Morgan fingerprint density at radius 2 is 1.34 bits per heavy atom. The van der Waals surface area contributed by atoms with Crippen molar-refractivity contribution in [1.82, 2.24) is 9.97 Å². The molecule has 1 aromatic heterocycles. The number of aromatic nitrogens is 2. The molecule has 0 unspecified atom stereocenters. The van der Waals surface area contributed by atoms with Crippen LogP contribution in [0, 0.1) is 0 Å². The quantitative estimate of drug-likeness (QED) is 0.704. The van der Waals surface area contributed by atoms with E-state index in [1.165, 1.54) is 5.69 Å². The maximum Gasteiger partial charge on any atom is 0.225 e. The predicted molar refractivity (Wildman–Crippen MR) is 122 cm³/mol. The number of anilines is 3. The van der Waals surface area contributed by atoms with Gasteiger partial charge in [0.25, 0.3) is 0 Å². The van der Waals surface area contributed by atoms with E-state index in [9.17, 15) is 0 Å². The van der Waals surface area contributed by atoms with Crippen LogP contribution in [0.15, 0.2) is 66.7 Å². The molecular formula is C24H29N5. The van der Waals surface area contributed by atoms with E-state index < -0.39 is 0 Å². The highest BCUT2D eigenvalue weighted by Gasteiger charge is 2.21. The summed E-state index contributed by atoms with van der Waals surface area (Å²) in [7, 11) is 0. The molecule has 0 bridgehead atoms. The molecule has 0 aliphatic carbocycles. The van der Waals surface area contributed by atoms with Gasteiger partial charge in [0.2, 0.25) is 5.95 Å². The number of rotatable bonds is 4. The Bertz CT molecular complexity index is 926. The van der Waals surface area contributed by atoms with Crippen molar-refractivity contribution in [2.24, 2.45) is 0 Å². The number of nitrogens with one attached hydrogen (secondary N) is 1. The van der Waals surface area contributed by atoms with Crippen LogP contribution >= 0.6 is 0 Å². The summed E-state index contributed by atoms with van der Waals surface area (Å²) >= 11 is 0. The molecule has 29 heavy (non-hydrogen) atoms. The van der Waals surface area contributed by atoms with E-state index in [2.05, 4.69) is 84.4 Å². The summed E-state index contributed by atoms with van der Waals surface area (Å²) in [4.78, 5) is 14.4. The Morgan fingerprint density at radius 3 is 1.97 bits per heavy atom. The summed E-state index contributed by atoms with van der Waals surface area (Å²) in [6.07, 6.45) is 0. The van der Waals surface area contributed by atoms with Crippen molar-refractivity contribution >= 4 is 17.5 Å². The Hall–Kier alpha value is -3.08. The minimum atomic E-state index is -0.0986. The topological polar surface area (TPSA) is 44.3 Å². The molecule has 5 heteroatoms. The van der Waals surface area contributed by atoms with Crippen molar-refractivity contribution in [3.05, 3.63) is 66.7 Å². The Kier molecular flexibility index (Phi) is 5.38. The molecule has 0 radical (unpaired) electrons. The first-order chi connectivity index (χ1) is 14.0. The van der Waals surface area contributed by atoms with Crippen molar-refractivity contribution in [3.63, 3.8) is 0 Å². The molecule has 1 N–H and O–H groups in total. The highest BCUT2D eigenvalue weighted by molar-refractivity contribution is 5.65. The molecule has 5 nitrogen and oxygen atoms in total. The fourth-order valence-corrected chi connectivity index (χ4v) is 3.58. The normalized spacial score (nSPS) is 14.7. The van der Waals surface area contributed by atoms with Gasteiger partial charge >= 0.3 is 0 Å². The average Bonchev–Trinajstić information content (AvgIpc) is 2.74. The predicted octanol–water partition coefficient (Wildman–Crippen LogP) is 4.68. The smallest absolute Gasteiger partial charge is 0.225 e. The summed E-state index contributed by atoms with van der Waals surface area (Å²) in [5, 5.41) is 3.45. The van der Waals surface area contributed by atoms with Crippen molar-refractivity contribution in [2.75, 3.05) is 41.3 Å². The van der Waals surface area contributed by atoms with Gasteiger partial charge in [0.15, 0.2) is 0 Å². The molecule has 0 amide bonds. The Labute approximate surface area is 173 Å². The zero-order valence-electron chi connectivity index (χ0n) is 17.5. The lowest BCUT2D eigenvalue weighted by Gasteiger charge is -2.37. The van der Waals surface area contributed by atoms with Crippen LogP contribution in [-0.4, -0.2) is 41.7 Å². The maximum absolute atomic E-state index is 4.85. The van der Waals surface area contributed by atoms with Crippen LogP contribution < -0.4 is 15.1 Å². The van der Waals surface area contributed by atoms with Gasteiger partial charge in [-0.05, 0) is 32.9 Å². The number of hydrogen-bond acceptors (Lipinski definition) is 5. The minimum Gasteiger partial charge on any atom is -0.368 e. The molecule has 150 valence electrons. The van der Waals surface area contributed by atoms with E-state index in [1.807, 2.05) is 18.2 Å². The zero-order chi connectivity index (χ0) is 20.3. The third-order valence-electron chi connectivity index (χ3n) is 4.99. The third kappa shape index (κ3) is 4.86. The molecule has 1 aliphatic heterocycles. The lowest BCUT2D eigenvalue weighted by atomic mass is 10.1. The van der Waals surface area contributed by atoms with Crippen molar-refractivity contribution in [3.8, 4) is 11.3 Å². The van der Waals surface area contributed by atoms with Crippen LogP contribution in [0.3, 0.4) is 0 Å². The van der Waals surface area contributed by atoms with Crippen LogP contribution in [-0.2, 0) is 0 Å². The van der Waals surface area contributed by atoms with Gasteiger partial charge < -0.3 is 15.1 Å². The fraction of sp³-hybridized carbons (Fsp3) is 0.333. The van der Waals surface area contributed by atoms with E-state index in [0.717, 1.165) is 43.3 Å². The molecule has 4 rings (SSSR count). The molecule has 0 saturated carbocycles. The fourth-order valence-electron chi connectivity index (χ4n) is 3.58. The minimum absolute atomic E-state index is 0.0986. The number of benzene rings is 2. The highest BCUT2D eigenvalue weighted by atomic mass is 15.3. The number of nitrogens with zero attached hydrogens (tertiary/aromatic N) is 4. The second kappa shape index (κ2) is 8.11. The van der Waals surface area contributed by atoms with Crippen LogP contribution in [0.2, 0.25) is 0 Å². The van der Waals surface area contributed by atoms with Crippen molar-refractivity contribution < 1.29 is 0 Å². The molecule has 2 aromatic carbocycles. The second-order valence-corrected chi connectivity index (χ2v) is 8.49. The largest absolute Gasteiger partial charge is 0.368 e. The summed E-state index contributed by atoms with van der Waals surface area (Å²) in [6.45, 7) is 10.2. The van der Waals surface area contributed by atoms with E-state index >= 15 is 0 Å². The van der Waals surface area contributed by atoms with Gasteiger partial charge in [-0.2, -0.15) is 4.98 Å². The van der Waals surface area contributed by atoms with Crippen LogP contribution in [0.5, 0.6) is 0 Å². The summed E-state index contributed by atoms with van der Waals surface area (Å²) < 4.78 is 0. The molecule has 3 aromatic rings. The monoisotopic (exact) mass is 387 g/mol. The van der Waals surface area contributed by atoms with Crippen LogP contribution in [0.4, 0.5) is 17.5 Å².